The fourth-order valence-electron chi connectivity index (χ4n) is 15.4. The summed E-state index contributed by atoms with van der Waals surface area (Å²) >= 11 is 0. The Kier molecular flexibility index (Phi) is 61.0. The van der Waals surface area contributed by atoms with Gasteiger partial charge in [-0.3, -0.25) is 4.79 Å². The largest absolute Gasteiger partial charge is 0.394 e. The Morgan fingerprint density at radius 3 is 0.845 bits per heavy atom. The van der Waals surface area contributed by atoms with Gasteiger partial charge in [-0.05, 0) is 12.8 Å². The minimum Gasteiger partial charge on any atom is -0.394 e. The second-order valence-corrected chi connectivity index (χ2v) is 31.7. The highest BCUT2D eigenvalue weighted by molar-refractivity contribution is 5.76. The molecule has 103 heavy (non-hydrogen) atoms. The van der Waals surface area contributed by atoms with Gasteiger partial charge < -0.3 is 89.9 Å². The van der Waals surface area contributed by atoms with E-state index in [1.54, 1.807) is 0 Å². The Morgan fingerprint density at radius 2 is 0.553 bits per heavy atom. The van der Waals surface area contributed by atoms with Crippen molar-refractivity contribution in [3.63, 3.8) is 0 Å². The van der Waals surface area contributed by atoms with Gasteiger partial charge in [0.25, 0.3) is 0 Å². The predicted molar refractivity (Wildman–Crippen MR) is 411 cm³/mol. The molecule has 612 valence electrons. The fraction of sp³-hybridized carbons (Fsp3) is 0.988. The van der Waals surface area contributed by atoms with Crippen molar-refractivity contribution in [2.24, 2.45) is 0 Å². The molecule has 12 N–H and O–H groups in total. The quantitative estimate of drug-likeness (QED) is 0.0252. The van der Waals surface area contributed by atoms with Gasteiger partial charge in [-0.25, -0.2) is 0 Å². The molecule has 19 heteroatoms. The molecule has 19 nitrogen and oxygen atoms in total. The molecule has 17 atom stereocenters. The van der Waals surface area contributed by atoms with Crippen LogP contribution in [0.5, 0.6) is 0 Å². The Bertz CT molecular complexity index is 1860. The van der Waals surface area contributed by atoms with E-state index >= 15 is 0 Å². The molecule has 3 aliphatic rings. The molecule has 3 fully saturated rings. The topological polar surface area (TPSA) is 307 Å². The van der Waals surface area contributed by atoms with Gasteiger partial charge in [-0.2, -0.15) is 0 Å². The van der Waals surface area contributed by atoms with Crippen LogP contribution in [0.1, 0.15) is 399 Å². The smallest absolute Gasteiger partial charge is 0.220 e. The third kappa shape index (κ3) is 45.0. The second kappa shape index (κ2) is 65.5. The first kappa shape index (κ1) is 96.0. The maximum atomic E-state index is 13.5. The van der Waals surface area contributed by atoms with Crippen LogP contribution in [-0.4, -0.2) is 193 Å². The van der Waals surface area contributed by atoms with Crippen molar-refractivity contribution < 1.29 is 89.4 Å². The van der Waals surface area contributed by atoms with Crippen LogP contribution in [0, 0.1) is 0 Å². The average molecular weight is 1480 g/mol. The van der Waals surface area contributed by atoms with Crippen molar-refractivity contribution >= 4 is 5.91 Å². The minimum absolute atomic E-state index is 0.231. The van der Waals surface area contributed by atoms with E-state index in [2.05, 4.69) is 19.2 Å². The van der Waals surface area contributed by atoms with Crippen molar-refractivity contribution in [3.05, 3.63) is 0 Å². The van der Waals surface area contributed by atoms with E-state index in [1.165, 1.54) is 321 Å². The van der Waals surface area contributed by atoms with Crippen LogP contribution in [0.4, 0.5) is 0 Å². The van der Waals surface area contributed by atoms with Gasteiger partial charge in [0.15, 0.2) is 18.9 Å². The van der Waals surface area contributed by atoms with Crippen molar-refractivity contribution in [1.29, 1.82) is 0 Å². The maximum absolute atomic E-state index is 13.5. The molecule has 0 aromatic rings. The minimum atomic E-state index is -1.97. The molecule has 1 amide bonds. The van der Waals surface area contributed by atoms with Crippen LogP contribution in [0.3, 0.4) is 0 Å². The normalized spacial score (nSPS) is 25.9. The van der Waals surface area contributed by atoms with Gasteiger partial charge in [0.05, 0.1) is 38.6 Å². The molecule has 3 heterocycles. The van der Waals surface area contributed by atoms with Crippen LogP contribution in [-0.2, 0) is 33.2 Å². The Labute approximate surface area is 627 Å². The van der Waals surface area contributed by atoms with Gasteiger partial charge in [0.1, 0.15) is 73.2 Å². The number of aliphatic hydroxyl groups excluding tert-OH is 11. The highest BCUT2D eigenvalue weighted by atomic mass is 16.8. The van der Waals surface area contributed by atoms with Crippen LogP contribution < -0.4 is 5.32 Å². The summed E-state index contributed by atoms with van der Waals surface area (Å²) < 4.78 is 34.6. The van der Waals surface area contributed by atoms with Gasteiger partial charge in [0, 0.05) is 6.42 Å². The molecule has 0 bridgehead atoms. The van der Waals surface area contributed by atoms with Crippen LogP contribution in [0.2, 0.25) is 0 Å². The highest BCUT2D eigenvalue weighted by Crippen LogP contribution is 2.34. The molecule has 3 saturated heterocycles. The van der Waals surface area contributed by atoms with Crippen LogP contribution in [0.15, 0.2) is 0 Å². The van der Waals surface area contributed by atoms with Gasteiger partial charge >= 0.3 is 0 Å². The Balaban J connectivity index is 1.33. The SMILES string of the molecule is CCCCCCCCCCCCCCCCCCCCCCCCCCCCCCCCCC(O)C(COC1OC(CO)C(OC2OC(CO)C(OC3OC(CO)C(O)C(O)C3O)C(O)C2O)C(O)C1O)NC(=O)CCCCCCCCCCCCCCCCCCCCCCCCCCCCC. The first-order valence-corrected chi connectivity index (χ1v) is 43.8. The lowest BCUT2D eigenvalue weighted by Crippen LogP contribution is -2.66. The number of carbonyl (C=O) groups is 1. The van der Waals surface area contributed by atoms with Crippen molar-refractivity contribution in [3.8, 4) is 0 Å². The Hall–Kier alpha value is -1.21. The molecule has 0 aromatic heterocycles. The Morgan fingerprint density at radius 1 is 0.311 bits per heavy atom. The predicted octanol–water partition coefficient (Wildman–Crippen LogP) is 15.7. The number of hydrogen-bond donors (Lipinski definition) is 12. The molecular formula is C84H163NO18. The van der Waals surface area contributed by atoms with Gasteiger partial charge in [-0.15, -0.1) is 0 Å². The third-order valence-corrected chi connectivity index (χ3v) is 22.4. The van der Waals surface area contributed by atoms with E-state index in [0.29, 0.717) is 12.8 Å². The number of unbranched alkanes of at least 4 members (excludes halogenated alkanes) is 56. The molecule has 0 spiro atoms. The zero-order valence-corrected chi connectivity index (χ0v) is 65.8. The van der Waals surface area contributed by atoms with Crippen molar-refractivity contribution in [1.82, 2.24) is 5.32 Å². The van der Waals surface area contributed by atoms with E-state index in [4.69, 9.17) is 28.4 Å². The molecule has 0 saturated carbocycles. The number of carbonyl (C=O) groups excluding carboxylic acids is 1. The standard InChI is InChI=1S/C84H163NO18/c1-3-5-7-9-11-13-15-17-19-21-23-25-27-29-31-32-33-34-36-37-39-41-43-45-47-49-51-53-55-57-59-61-68(89)67(85-72(90)62-60-58-56-54-52-50-48-46-44-42-40-38-35-30-28-26-24-22-20-18-16-14-12-10-8-6-4-2)66-98-82-78(96)75(93)80(70(64-87)100-82)103-84-79(97)76(94)81(71(65-88)101-84)102-83-77(95)74(92)73(91)69(63-86)99-83/h67-71,73-84,86-89,91-97H,3-66H2,1-2H3,(H,85,90). The lowest BCUT2D eigenvalue weighted by Gasteiger charge is -2.48. The number of ether oxygens (including phenoxy) is 6. The lowest BCUT2D eigenvalue weighted by atomic mass is 9.96. The van der Waals surface area contributed by atoms with E-state index < -0.39 is 124 Å². The van der Waals surface area contributed by atoms with Crippen molar-refractivity contribution in [2.75, 3.05) is 26.4 Å². The van der Waals surface area contributed by atoms with Crippen LogP contribution >= 0.6 is 0 Å². The van der Waals surface area contributed by atoms with E-state index in [1.807, 2.05) is 0 Å². The third-order valence-electron chi connectivity index (χ3n) is 22.4. The molecule has 17 unspecified atom stereocenters. The number of aliphatic hydroxyl groups is 11. The second-order valence-electron chi connectivity index (χ2n) is 31.7. The maximum Gasteiger partial charge on any atom is 0.220 e. The molecule has 3 aliphatic heterocycles. The highest BCUT2D eigenvalue weighted by Gasteiger charge is 2.54. The van der Waals surface area contributed by atoms with E-state index in [-0.39, 0.29) is 18.9 Å². The number of hydrogen-bond acceptors (Lipinski definition) is 18. The number of amides is 1. The summed E-state index contributed by atoms with van der Waals surface area (Å²) in [7, 11) is 0. The number of rotatable bonds is 72. The van der Waals surface area contributed by atoms with Gasteiger partial charge in [0.2, 0.25) is 5.91 Å². The zero-order valence-electron chi connectivity index (χ0n) is 65.8. The summed E-state index contributed by atoms with van der Waals surface area (Å²) in [6.07, 6.45) is 50.7. The first-order chi connectivity index (χ1) is 50.3. The summed E-state index contributed by atoms with van der Waals surface area (Å²) in [5.74, 6) is -0.231. The molecule has 3 rings (SSSR count). The zero-order chi connectivity index (χ0) is 74.6. The lowest BCUT2D eigenvalue weighted by molar-refractivity contribution is -0.379. The molecular weight excluding hydrogens is 1310 g/mol. The van der Waals surface area contributed by atoms with Gasteiger partial charge in [-0.1, -0.05) is 380 Å². The monoisotopic (exact) mass is 1470 g/mol. The summed E-state index contributed by atoms with van der Waals surface area (Å²) in [5.41, 5.74) is 0. The number of nitrogens with one attached hydrogen (secondary N) is 1. The molecule has 0 radical (unpaired) electrons. The van der Waals surface area contributed by atoms with E-state index in [9.17, 15) is 61.0 Å². The summed E-state index contributed by atoms with van der Waals surface area (Å²) in [6.45, 7) is 1.89. The molecule has 0 aromatic carbocycles. The average Bonchev–Trinajstić information content (AvgIpc) is 0.781. The first-order valence-electron chi connectivity index (χ1n) is 43.8. The van der Waals surface area contributed by atoms with Crippen molar-refractivity contribution in [2.45, 2.75) is 503 Å². The van der Waals surface area contributed by atoms with Crippen LogP contribution in [0.25, 0.3) is 0 Å². The molecule has 0 aliphatic carbocycles. The summed E-state index contributed by atoms with van der Waals surface area (Å²) in [4.78, 5) is 13.5. The summed E-state index contributed by atoms with van der Waals surface area (Å²) in [6, 6.07) is -0.884. The fourth-order valence-corrected chi connectivity index (χ4v) is 15.4. The summed E-state index contributed by atoms with van der Waals surface area (Å²) in [5, 5.41) is 121. The van der Waals surface area contributed by atoms with E-state index in [0.717, 1.165) is 44.9 Å².